The molecule has 2 saturated carbocycles. The van der Waals surface area contributed by atoms with Gasteiger partial charge in [0, 0.05) is 19.1 Å². The Morgan fingerprint density at radius 2 is 2.17 bits per heavy atom. The van der Waals surface area contributed by atoms with E-state index in [1.54, 1.807) is 0 Å². The molecule has 1 aromatic heterocycles. The van der Waals surface area contributed by atoms with Gasteiger partial charge >= 0.3 is 0 Å². The fourth-order valence-electron chi connectivity index (χ4n) is 2.99. The summed E-state index contributed by atoms with van der Waals surface area (Å²) in [6.45, 7) is 3.14. The minimum Gasteiger partial charge on any atom is -0.464 e. The van der Waals surface area contributed by atoms with Crippen LogP contribution in [0.4, 0.5) is 0 Å². The summed E-state index contributed by atoms with van der Waals surface area (Å²) in [5.41, 5.74) is 0. The van der Waals surface area contributed by atoms with Crippen molar-refractivity contribution in [2.75, 3.05) is 7.11 Å². The van der Waals surface area contributed by atoms with Gasteiger partial charge in [-0.1, -0.05) is 6.92 Å². The first kappa shape index (κ1) is 12.2. The lowest BCUT2D eigenvalue weighted by Crippen LogP contribution is -2.26. The molecule has 18 heavy (non-hydrogen) atoms. The van der Waals surface area contributed by atoms with E-state index in [1.165, 1.54) is 25.0 Å². The molecule has 0 aliphatic heterocycles. The van der Waals surface area contributed by atoms with Crippen LogP contribution in [-0.2, 0) is 11.3 Å². The molecule has 4 unspecified atom stereocenters. The summed E-state index contributed by atoms with van der Waals surface area (Å²) < 4.78 is 11.3. The summed E-state index contributed by atoms with van der Waals surface area (Å²) in [6.07, 6.45) is 5.26. The number of nitrogens with one attached hydrogen (secondary N) is 1. The van der Waals surface area contributed by atoms with Gasteiger partial charge in [-0.05, 0) is 43.7 Å². The Bertz CT molecular complexity index is 401. The minimum atomic E-state index is 0.446. The van der Waals surface area contributed by atoms with Gasteiger partial charge in [0.1, 0.15) is 11.5 Å². The van der Waals surface area contributed by atoms with E-state index in [-0.39, 0.29) is 0 Å². The van der Waals surface area contributed by atoms with Gasteiger partial charge in [-0.25, -0.2) is 0 Å². The Labute approximate surface area is 109 Å². The van der Waals surface area contributed by atoms with Crippen LogP contribution in [0.25, 0.3) is 0 Å². The van der Waals surface area contributed by atoms with Crippen LogP contribution in [-0.4, -0.2) is 19.3 Å². The number of furan rings is 1. The van der Waals surface area contributed by atoms with E-state index in [1.807, 2.05) is 7.11 Å². The highest BCUT2D eigenvalue weighted by Gasteiger charge is 2.36. The molecule has 3 heteroatoms. The van der Waals surface area contributed by atoms with E-state index >= 15 is 0 Å². The number of rotatable bonds is 5. The van der Waals surface area contributed by atoms with Crippen LogP contribution in [0, 0.1) is 5.92 Å². The quantitative estimate of drug-likeness (QED) is 0.871. The molecule has 1 aromatic rings. The summed E-state index contributed by atoms with van der Waals surface area (Å²) in [6, 6.07) is 4.86. The summed E-state index contributed by atoms with van der Waals surface area (Å²) in [5, 5.41) is 3.57. The zero-order valence-corrected chi connectivity index (χ0v) is 11.3. The summed E-state index contributed by atoms with van der Waals surface area (Å²) in [7, 11) is 1.81. The van der Waals surface area contributed by atoms with Crippen molar-refractivity contribution in [2.24, 2.45) is 5.92 Å². The molecule has 0 amide bonds. The average Bonchev–Trinajstić information content (AvgIpc) is 2.86. The standard InChI is InChI=1S/C15H23NO2/c1-10-7-14(10)15-6-5-13(18-15)9-16-11-3-4-12(8-11)17-2/h5-6,10-12,14,16H,3-4,7-9H2,1-2H3. The zero-order valence-electron chi connectivity index (χ0n) is 11.3. The second-order valence-electron chi connectivity index (χ2n) is 5.87. The second-order valence-corrected chi connectivity index (χ2v) is 5.87. The number of hydrogen-bond donors (Lipinski definition) is 1. The smallest absolute Gasteiger partial charge is 0.117 e. The van der Waals surface area contributed by atoms with Crippen molar-refractivity contribution in [3.8, 4) is 0 Å². The SMILES string of the molecule is COC1CCC(NCc2ccc(C3CC3C)o2)C1. The lowest BCUT2D eigenvalue weighted by Gasteiger charge is -2.11. The van der Waals surface area contributed by atoms with Crippen LogP contribution in [0.3, 0.4) is 0 Å². The molecular weight excluding hydrogens is 226 g/mol. The first-order valence-electron chi connectivity index (χ1n) is 7.11. The molecule has 0 spiro atoms. The van der Waals surface area contributed by atoms with Gasteiger partial charge in [0.2, 0.25) is 0 Å². The molecule has 0 saturated heterocycles. The molecular formula is C15H23NO2. The Morgan fingerprint density at radius 1 is 1.33 bits per heavy atom. The Balaban J connectivity index is 1.47. The monoisotopic (exact) mass is 249 g/mol. The third-order valence-electron chi connectivity index (χ3n) is 4.44. The van der Waals surface area contributed by atoms with Gasteiger partial charge in [-0.15, -0.1) is 0 Å². The average molecular weight is 249 g/mol. The van der Waals surface area contributed by atoms with Crippen molar-refractivity contribution in [3.63, 3.8) is 0 Å². The predicted octanol–water partition coefficient (Wildman–Crippen LogP) is 3.06. The number of ether oxygens (including phenoxy) is 1. The van der Waals surface area contributed by atoms with Gasteiger partial charge < -0.3 is 14.5 Å². The van der Waals surface area contributed by atoms with Crippen molar-refractivity contribution in [3.05, 3.63) is 23.7 Å². The van der Waals surface area contributed by atoms with Gasteiger partial charge in [0.25, 0.3) is 0 Å². The largest absolute Gasteiger partial charge is 0.464 e. The highest BCUT2D eigenvalue weighted by atomic mass is 16.5. The molecule has 100 valence electrons. The topological polar surface area (TPSA) is 34.4 Å². The Hall–Kier alpha value is -0.800. The van der Waals surface area contributed by atoms with Gasteiger partial charge in [-0.3, -0.25) is 0 Å². The van der Waals surface area contributed by atoms with Crippen LogP contribution < -0.4 is 5.32 Å². The molecule has 3 rings (SSSR count). The Kier molecular flexibility index (Phi) is 3.44. The maximum absolute atomic E-state index is 5.90. The third-order valence-corrected chi connectivity index (χ3v) is 4.44. The Morgan fingerprint density at radius 3 is 2.83 bits per heavy atom. The molecule has 0 aromatic carbocycles. The van der Waals surface area contributed by atoms with Crippen molar-refractivity contribution in [1.82, 2.24) is 5.32 Å². The summed E-state index contributed by atoms with van der Waals surface area (Å²) in [4.78, 5) is 0. The molecule has 2 fully saturated rings. The lowest BCUT2D eigenvalue weighted by atomic mass is 10.2. The summed E-state index contributed by atoms with van der Waals surface area (Å²) in [5.74, 6) is 3.75. The van der Waals surface area contributed by atoms with Crippen LogP contribution in [0.5, 0.6) is 0 Å². The van der Waals surface area contributed by atoms with E-state index in [4.69, 9.17) is 9.15 Å². The molecule has 3 nitrogen and oxygen atoms in total. The van der Waals surface area contributed by atoms with Gasteiger partial charge in [0.05, 0.1) is 12.6 Å². The van der Waals surface area contributed by atoms with Crippen molar-refractivity contribution in [1.29, 1.82) is 0 Å². The lowest BCUT2D eigenvalue weighted by molar-refractivity contribution is 0.107. The van der Waals surface area contributed by atoms with Crippen molar-refractivity contribution >= 4 is 0 Å². The van der Waals surface area contributed by atoms with E-state index in [0.29, 0.717) is 18.1 Å². The predicted molar refractivity (Wildman–Crippen MR) is 70.5 cm³/mol. The van der Waals surface area contributed by atoms with E-state index in [9.17, 15) is 0 Å². The second kappa shape index (κ2) is 5.06. The van der Waals surface area contributed by atoms with E-state index < -0.39 is 0 Å². The first-order valence-corrected chi connectivity index (χ1v) is 7.11. The maximum Gasteiger partial charge on any atom is 0.117 e. The van der Waals surface area contributed by atoms with Crippen molar-refractivity contribution < 1.29 is 9.15 Å². The van der Waals surface area contributed by atoms with Gasteiger partial charge in [-0.2, -0.15) is 0 Å². The molecule has 0 bridgehead atoms. The molecule has 1 N–H and O–H groups in total. The molecule has 1 heterocycles. The molecule has 0 radical (unpaired) electrons. The van der Waals surface area contributed by atoms with Gasteiger partial charge in [0.15, 0.2) is 0 Å². The van der Waals surface area contributed by atoms with E-state index in [0.717, 1.165) is 24.6 Å². The molecule has 2 aliphatic carbocycles. The van der Waals surface area contributed by atoms with Crippen LogP contribution >= 0.6 is 0 Å². The minimum absolute atomic E-state index is 0.446. The van der Waals surface area contributed by atoms with Crippen LogP contribution in [0.1, 0.15) is 50.0 Å². The fourth-order valence-corrected chi connectivity index (χ4v) is 2.99. The number of methoxy groups -OCH3 is 1. The van der Waals surface area contributed by atoms with E-state index in [2.05, 4.69) is 24.4 Å². The van der Waals surface area contributed by atoms with Crippen LogP contribution in [0.2, 0.25) is 0 Å². The molecule has 4 atom stereocenters. The highest BCUT2D eigenvalue weighted by Crippen LogP contribution is 2.47. The highest BCUT2D eigenvalue weighted by molar-refractivity contribution is 5.17. The fraction of sp³-hybridized carbons (Fsp3) is 0.733. The third kappa shape index (κ3) is 2.62. The first-order chi connectivity index (χ1) is 8.76. The normalized spacial score (nSPS) is 35.0. The van der Waals surface area contributed by atoms with Crippen molar-refractivity contribution in [2.45, 2.75) is 57.2 Å². The number of hydrogen-bond acceptors (Lipinski definition) is 3. The zero-order chi connectivity index (χ0) is 12.5. The summed E-state index contributed by atoms with van der Waals surface area (Å²) >= 11 is 0. The molecule has 2 aliphatic rings. The maximum atomic E-state index is 5.90. The van der Waals surface area contributed by atoms with Crippen LogP contribution in [0.15, 0.2) is 16.5 Å².